The minimum absolute atomic E-state index is 0.0470. The fourth-order valence-electron chi connectivity index (χ4n) is 17.6. The summed E-state index contributed by atoms with van der Waals surface area (Å²) >= 11 is 3.07. The normalized spacial score (nSPS) is 13.9. The van der Waals surface area contributed by atoms with Crippen molar-refractivity contribution in [3.8, 4) is 67.5 Å². The molecular formula is C103H116N36O6S2. The van der Waals surface area contributed by atoms with Gasteiger partial charge in [0.25, 0.3) is 0 Å². The molecular weight excluding hydrogens is 1900 g/mol. The molecule has 0 spiro atoms. The smallest absolute Gasteiger partial charge is 0.318 e. The van der Waals surface area contributed by atoms with E-state index in [9.17, 15) is 28.8 Å². The molecule has 16 aromatic rings. The number of carbonyl (C=O) groups excluding carboxylic acids is 6. The van der Waals surface area contributed by atoms with Crippen LogP contribution in [-0.4, -0.2) is 240 Å². The number of aromatic amines is 7. The Morgan fingerprint density at radius 3 is 1.05 bits per heavy atom. The number of H-pyrrole nitrogens is 7. The standard InChI is InChI=1S/C18H20N6O.C18H22N6O.C17H18N6O.2C17H17N5OS.C16H22N8O/c1-23-11-13(10-20-23)9-19-18(25)24-8-7-16-15(12-24)17(22-21-16)14-5-3-2-4-6-14;1-20-9-7-14(19)11-21-18(25)24-10-8-16-15(12-24)17(23-22-16)13-5-3-2-4-6-13;24-17(18-10-13-6-8-19-20-13)23-9-7-15-14(11-23)16(22-21-15)12-4-2-1-3-5-12;23-17(18-8-13-10-24-11-19-13)22-7-6-15-14(9-22)16(21-20-15)12-4-2-1-3-5-12;23-17(19-9-13-8-18-11-24-13)22-7-6-15-14(10-22)16(21-20-15)12-4-2-1-3-5-12;1-23(18)22-14(17)9-19-16(25)24-8-7-13-12(10-24)15(21-20-13)11-5-3-2-4-6-11/h2-6,10-11H,7-9,12H2,1H3,(H,19,25)(H,21,22);2-7,9H,8,10-12,19H2,1H3,(H,21,25)(H,22,23);1-6,8H,7,9-11H2,(H,18,24)(H,19,20)(H,21,22);1-5,10-11H,6-9H2,(H,18,23)(H,20,21);1-5,8,11H,6-7,9-10H2,(H,19,23)(H,20,21);2-6H,7-10,18H2,1H3,(H2,17,22)(H,19,25)(H,20,21). The molecule has 44 heteroatoms. The van der Waals surface area contributed by atoms with Gasteiger partial charge < -0.3 is 72.8 Å². The molecule has 0 unspecified atom stereocenters. The third-order valence-electron chi connectivity index (χ3n) is 25.2. The Morgan fingerprint density at radius 1 is 0.415 bits per heavy atom. The number of nitrogens with one attached hydrogen (secondary N) is 13. The molecule has 6 aliphatic rings. The van der Waals surface area contributed by atoms with Crippen LogP contribution in [0, 0.1) is 0 Å². The quantitative estimate of drug-likeness (QED) is 0.0146. The van der Waals surface area contributed by atoms with Crippen LogP contribution in [0.3, 0.4) is 0 Å². The van der Waals surface area contributed by atoms with E-state index in [0.717, 1.165) is 201 Å². The predicted octanol–water partition coefficient (Wildman–Crippen LogP) is 11.7. The molecule has 0 radical (unpaired) electrons. The molecule has 0 bridgehead atoms. The van der Waals surface area contributed by atoms with Crippen molar-refractivity contribution in [1.29, 1.82) is 0 Å². The average molecular weight is 2020 g/mol. The lowest BCUT2D eigenvalue weighted by Gasteiger charge is -2.27. The Kier molecular flexibility index (Phi) is 33.8. The van der Waals surface area contributed by atoms with Gasteiger partial charge in [-0.05, 0) is 12.1 Å². The molecule has 756 valence electrons. The highest BCUT2D eigenvalue weighted by Gasteiger charge is 2.33. The summed E-state index contributed by atoms with van der Waals surface area (Å²) in [5.41, 5.74) is 43.5. The fourth-order valence-corrected chi connectivity index (χ4v) is 18.7. The minimum atomic E-state index is -0.191. The molecule has 6 aliphatic heterocycles. The zero-order valence-electron chi connectivity index (χ0n) is 81.5. The maximum absolute atomic E-state index is 12.5. The van der Waals surface area contributed by atoms with Crippen molar-refractivity contribution in [1.82, 2.24) is 158 Å². The Hall–Kier alpha value is -17.7. The fraction of sp³-hybridized carbons (Fsp3) is 0.262. The summed E-state index contributed by atoms with van der Waals surface area (Å²) in [5.74, 6) is 5.63. The number of hydrazine groups is 1. The number of amidine groups is 1. The molecule has 19 N–H and O–H groups in total. The lowest BCUT2D eigenvalue weighted by atomic mass is 10.0. The molecule has 0 saturated heterocycles. The van der Waals surface area contributed by atoms with Crippen molar-refractivity contribution in [2.75, 3.05) is 66.5 Å². The first kappa shape index (κ1) is 101. The van der Waals surface area contributed by atoms with Gasteiger partial charge in [-0.1, -0.05) is 182 Å². The first-order valence-electron chi connectivity index (χ1n) is 48.1. The number of thiazole rings is 2. The number of aliphatic imine (C=N–C) groups is 1. The highest BCUT2D eigenvalue weighted by molar-refractivity contribution is 7.09. The second kappa shape index (κ2) is 49.3. The van der Waals surface area contributed by atoms with E-state index in [2.05, 4.69) is 128 Å². The molecule has 10 aromatic heterocycles. The van der Waals surface area contributed by atoms with Crippen LogP contribution in [0.1, 0.15) is 89.4 Å². The minimum Gasteiger partial charge on any atom is -0.401 e. The molecule has 0 atom stereocenters. The van der Waals surface area contributed by atoms with Crippen molar-refractivity contribution in [3.05, 3.63) is 330 Å². The SMILES string of the molecule is CN(N)/N=C(\N)CNC(=O)N1CCc2[nH]nc(-c3ccccc3)c2C1.CN=CC=C(N)CNC(=O)N1CCc2[nH]nc(-c3ccccc3)c2C1.Cn1cc(CNC(=O)N2CCc3[nH]nc(-c4ccccc4)c3C2)cn1.O=C(NCc1ccn[nH]1)N1CCc2[nH]nc(-c3ccccc3)c2C1.O=C(NCc1cncs1)N1CCc2[nH]nc(-c3ccccc3)c2C1.O=C(NCc1cscn1)N1CCc2[nH]nc(-c3ccccc3)c2C1. The van der Waals surface area contributed by atoms with Crippen molar-refractivity contribution in [3.63, 3.8) is 0 Å². The number of fused-ring (bicyclic) bond motifs is 6. The first-order valence-corrected chi connectivity index (χ1v) is 49.9. The topological polar surface area (TPSA) is 544 Å². The van der Waals surface area contributed by atoms with Crippen molar-refractivity contribution in [2.24, 2.45) is 34.5 Å². The van der Waals surface area contributed by atoms with Crippen LogP contribution in [0.25, 0.3) is 67.5 Å². The van der Waals surface area contributed by atoms with Gasteiger partial charge in [0.2, 0.25) is 0 Å². The van der Waals surface area contributed by atoms with E-state index in [4.69, 9.17) is 17.3 Å². The maximum atomic E-state index is 12.5. The molecule has 16 heterocycles. The Morgan fingerprint density at radius 2 is 0.748 bits per heavy atom. The van der Waals surface area contributed by atoms with Gasteiger partial charge >= 0.3 is 36.2 Å². The second-order valence-electron chi connectivity index (χ2n) is 35.2. The summed E-state index contributed by atoms with van der Waals surface area (Å²) in [6, 6.07) is 61.4. The van der Waals surface area contributed by atoms with Crippen LogP contribution < -0.4 is 49.2 Å². The molecule has 0 aliphatic carbocycles. The molecule has 147 heavy (non-hydrogen) atoms. The number of nitrogens with zero attached hydrogens (tertiary/aromatic N) is 20. The van der Waals surface area contributed by atoms with Gasteiger partial charge in [0.05, 0.1) is 135 Å². The Labute approximate surface area is 855 Å². The first-order chi connectivity index (χ1) is 71.9. The van der Waals surface area contributed by atoms with Crippen LogP contribution in [0.2, 0.25) is 0 Å². The van der Waals surface area contributed by atoms with Gasteiger partial charge in [0.15, 0.2) is 0 Å². The zero-order chi connectivity index (χ0) is 102. The van der Waals surface area contributed by atoms with E-state index >= 15 is 0 Å². The zero-order valence-corrected chi connectivity index (χ0v) is 83.1. The number of benzene rings is 6. The molecule has 6 aromatic carbocycles. The largest absolute Gasteiger partial charge is 0.401 e. The Balaban J connectivity index is 0.000000120. The highest BCUT2D eigenvalue weighted by Crippen LogP contribution is 2.36. The number of amides is 12. The molecule has 12 amide bonds. The monoisotopic (exact) mass is 2020 g/mol. The van der Waals surface area contributed by atoms with Crippen molar-refractivity contribution < 1.29 is 28.8 Å². The molecule has 0 fully saturated rings. The van der Waals surface area contributed by atoms with Gasteiger partial charge in [-0.25, -0.2) is 44.7 Å². The summed E-state index contributed by atoms with van der Waals surface area (Å²) in [6.07, 6.45) is 15.1. The van der Waals surface area contributed by atoms with Crippen LogP contribution in [0.4, 0.5) is 28.8 Å². The van der Waals surface area contributed by atoms with Gasteiger partial charge in [-0.15, -0.1) is 27.8 Å². The Bertz CT molecular complexity index is 6760. The van der Waals surface area contributed by atoms with Crippen molar-refractivity contribution in [2.45, 2.75) is 104 Å². The molecule has 0 saturated carbocycles. The number of aromatic nitrogens is 18. The predicted molar refractivity (Wildman–Crippen MR) is 561 cm³/mol. The number of carbonyl (C=O) groups is 6. The third kappa shape index (κ3) is 26.4. The summed E-state index contributed by atoms with van der Waals surface area (Å²) in [4.78, 5) is 98.6. The number of aryl methyl sites for hydroxylation is 1. The van der Waals surface area contributed by atoms with Crippen LogP contribution >= 0.6 is 22.7 Å². The number of urea groups is 6. The van der Waals surface area contributed by atoms with Crippen LogP contribution in [0.15, 0.2) is 251 Å². The molecule has 22 rings (SSSR count). The number of allylic oxidation sites excluding steroid dienone is 1. The summed E-state index contributed by atoms with van der Waals surface area (Å²) in [6.45, 7) is 9.63. The van der Waals surface area contributed by atoms with Gasteiger partial charge in [0.1, 0.15) is 5.84 Å². The number of hydrazone groups is 1. The van der Waals surface area contributed by atoms with E-state index < -0.39 is 0 Å². The number of hydrogen-bond donors (Lipinski definition) is 16. The van der Waals surface area contributed by atoms with Gasteiger partial charge in [-0.2, -0.15) is 40.8 Å². The lowest BCUT2D eigenvalue weighted by molar-refractivity contribution is 0.191. The van der Waals surface area contributed by atoms with E-state index in [1.807, 2.05) is 226 Å². The number of hydrogen-bond acceptors (Lipinski definition) is 23. The van der Waals surface area contributed by atoms with E-state index in [0.29, 0.717) is 117 Å². The summed E-state index contributed by atoms with van der Waals surface area (Å²) in [5, 5.41) is 80.5. The average Bonchev–Trinajstić information content (AvgIpc) is 1.68. The second-order valence-corrected chi connectivity index (χ2v) is 36.9. The third-order valence-corrected chi connectivity index (χ3v) is 26.6. The van der Waals surface area contributed by atoms with Crippen LogP contribution in [0.5, 0.6) is 0 Å². The summed E-state index contributed by atoms with van der Waals surface area (Å²) < 4.78 is 1.73. The van der Waals surface area contributed by atoms with E-state index in [-0.39, 0.29) is 48.6 Å². The highest BCUT2D eigenvalue weighted by atomic mass is 32.1. The van der Waals surface area contributed by atoms with Crippen molar-refractivity contribution >= 4 is 70.9 Å². The summed E-state index contributed by atoms with van der Waals surface area (Å²) in [7, 11) is 5.09. The maximum Gasteiger partial charge on any atom is 0.318 e. The number of rotatable bonds is 20. The lowest BCUT2D eigenvalue weighted by Crippen LogP contribution is -2.45. The van der Waals surface area contributed by atoms with Crippen LogP contribution in [-0.2, 0) is 111 Å². The van der Waals surface area contributed by atoms with Gasteiger partial charge in [0, 0.05) is 253 Å². The number of nitrogens with two attached hydrogens (primary N) is 3. The van der Waals surface area contributed by atoms with Gasteiger partial charge in [-0.3, -0.25) is 50.3 Å². The van der Waals surface area contributed by atoms with E-state index in [1.54, 1.807) is 81.8 Å². The molecule has 42 nitrogen and oxygen atoms in total. The van der Waals surface area contributed by atoms with E-state index in [1.165, 1.54) is 11.3 Å².